The Morgan fingerprint density at radius 3 is 2.27 bits per heavy atom. The van der Waals surface area contributed by atoms with Crippen molar-refractivity contribution in [2.24, 2.45) is 5.92 Å². The Morgan fingerprint density at radius 2 is 1.77 bits per heavy atom. The van der Waals surface area contributed by atoms with Crippen molar-refractivity contribution in [1.29, 1.82) is 0 Å². The van der Waals surface area contributed by atoms with Crippen molar-refractivity contribution in [2.75, 3.05) is 13.1 Å². The monoisotopic (exact) mass is 303 g/mol. The average molecular weight is 303 g/mol. The summed E-state index contributed by atoms with van der Waals surface area (Å²) in [7, 11) is 0. The molecule has 0 spiro atoms. The first kappa shape index (κ1) is 17.0. The maximum Gasteiger partial charge on any atom is 0.223 e. The zero-order valence-electron chi connectivity index (χ0n) is 14.2. The van der Waals surface area contributed by atoms with Crippen molar-refractivity contribution in [3.63, 3.8) is 0 Å². The number of aliphatic hydroxyl groups excluding tert-OH is 1. The van der Waals surface area contributed by atoms with E-state index < -0.39 is 0 Å². The molecular weight excluding hydrogens is 274 g/mol. The van der Waals surface area contributed by atoms with Gasteiger partial charge in [0, 0.05) is 25.4 Å². The number of likely N-dealkylation sites (tertiary alicyclic amines) is 1. The zero-order valence-corrected chi connectivity index (χ0v) is 14.2. The summed E-state index contributed by atoms with van der Waals surface area (Å²) in [5, 5.41) is 9.64. The molecule has 3 unspecified atom stereocenters. The molecule has 1 saturated heterocycles. The van der Waals surface area contributed by atoms with Crippen molar-refractivity contribution < 1.29 is 9.90 Å². The maximum atomic E-state index is 12.4. The molecule has 0 radical (unpaired) electrons. The molecule has 0 bridgehead atoms. The van der Waals surface area contributed by atoms with Gasteiger partial charge in [-0.25, -0.2) is 0 Å². The molecule has 1 fully saturated rings. The van der Waals surface area contributed by atoms with Gasteiger partial charge in [-0.3, -0.25) is 4.79 Å². The Labute approximate surface area is 134 Å². The molecular formula is C19H29NO2. The van der Waals surface area contributed by atoms with Gasteiger partial charge in [0.05, 0.1) is 6.10 Å². The quantitative estimate of drug-likeness (QED) is 0.904. The second kappa shape index (κ2) is 7.28. The van der Waals surface area contributed by atoms with Crippen LogP contribution in [0.1, 0.15) is 63.5 Å². The van der Waals surface area contributed by atoms with Gasteiger partial charge in [0.15, 0.2) is 0 Å². The Balaban J connectivity index is 1.91. The molecule has 3 heteroatoms. The van der Waals surface area contributed by atoms with Gasteiger partial charge in [0.2, 0.25) is 5.91 Å². The van der Waals surface area contributed by atoms with Crippen LogP contribution >= 0.6 is 0 Å². The summed E-state index contributed by atoms with van der Waals surface area (Å²) in [5.41, 5.74) is 2.56. The highest BCUT2D eigenvalue weighted by Crippen LogP contribution is 2.25. The van der Waals surface area contributed by atoms with E-state index in [-0.39, 0.29) is 23.8 Å². The number of benzene rings is 1. The lowest BCUT2D eigenvalue weighted by Gasteiger charge is -2.20. The molecule has 1 aromatic carbocycles. The number of amides is 1. The van der Waals surface area contributed by atoms with Crippen LogP contribution in [0.2, 0.25) is 0 Å². The van der Waals surface area contributed by atoms with E-state index >= 15 is 0 Å². The van der Waals surface area contributed by atoms with Crippen LogP contribution in [0, 0.1) is 5.92 Å². The minimum atomic E-state index is -0.321. The van der Waals surface area contributed by atoms with Crippen LogP contribution in [0.3, 0.4) is 0 Å². The molecule has 1 amide bonds. The summed E-state index contributed by atoms with van der Waals surface area (Å²) in [6.45, 7) is 9.80. The third kappa shape index (κ3) is 4.10. The second-order valence-corrected chi connectivity index (χ2v) is 7.06. The standard InChI is InChI=1S/C19H29NO2/c1-13(2)16-5-7-17(8-6-16)14(3)11-19(22)20-10-9-18(12-20)15(4)21/h5-8,13-15,18,21H,9-12H2,1-4H3. The largest absolute Gasteiger partial charge is 0.393 e. The minimum Gasteiger partial charge on any atom is -0.393 e. The van der Waals surface area contributed by atoms with E-state index in [0.717, 1.165) is 13.0 Å². The third-order valence-corrected chi connectivity index (χ3v) is 4.91. The van der Waals surface area contributed by atoms with E-state index in [2.05, 4.69) is 45.0 Å². The number of carbonyl (C=O) groups is 1. The highest BCUT2D eigenvalue weighted by atomic mass is 16.3. The van der Waals surface area contributed by atoms with Gasteiger partial charge in [-0.2, -0.15) is 0 Å². The lowest BCUT2D eigenvalue weighted by atomic mass is 9.94. The van der Waals surface area contributed by atoms with Crippen LogP contribution < -0.4 is 0 Å². The number of carbonyl (C=O) groups excluding carboxylic acids is 1. The van der Waals surface area contributed by atoms with Crippen molar-refractivity contribution in [3.05, 3.63) is 35.4 Å². The molecule has 1 heterocycles. The molecule has 122 valence electrons. The van der Waals surface area contributed by atoms with Crippen LogP contribution in [-0.2, 0) is 4.79 Å². The van der Waals surface area contributed by atoms with E-state index in [1.54, 1.807) is 0 Å². The summed E-state index contributed by atoms with van der Waals surface area (Å²) >= 11 is 0. The molecule has 0 saturated carbocycles. The van der Waals surface area contributed by atoms with Gasteiger partial charge >= 0.3 is 0 Å². The Morgan fingerprint density at radius 1 is 1.18 bits per heavy atom. The van der Waals surface area contributed by atoms with Crippen LogP contribution in [0.5, 0.6) is 0 Å². The first-order valence-corrected chi connectivity index (χ1v) is 8.44. The molecule has 0 aromatic heterocycles. The molecule has 22 heavy (non-hydrogen) atoms. The number of rotatable bonds is 5. The lowest BCUT2D eigenvalue weighted by Crippen LogP contribution is -2.31. The fourth-order valence-electron chi connectivity index (χ4n) is 3.13. The fourth-order valence-corrected chi connectivity index (χ4v) is 3.13. The number of nitrogens with zero attached hydrogens (tertiary/aromatic N) is 1. The summed E-state index contributed by atoms with van der Waals surface area (Å²) in [5.74, 6) is 1.22. The summed E-state index contributed by atoms with van der Waals surface area (Å²) < 4.78 is 0. The molecule has 1 aliphatic heterocycles. The van der Waals surface area contributed by atoms with Gasteiger partial charge < -0.3 is 10.0 Å². The van der Waals surface area contributed by atoms with Crippen molar-refractivity contribution in [1.82, 2.24) is 4.90 Å². The normalized spacial score (nSPS) is 21.2. The van der Waals surface area contributed by atoms with Gasteiger partial charge in [-0.05, 0) is 36.3 Å². The van der Waals surface area contributed by atoms with E-state index in [0.29, 0.717) is 18.9 Å². The first-order chi connectivity index (χ1) is 10.4. The van der Waals surface area contributed by atoms with E-state index in [4.69, 9.17) is 0 Å². The molecule has 3 atom stereocenters. The van der Waals surface area contributed by atoms with Gasteiger partial charge in [-0.15, -0.1) is 0 Å². The molecule has 1 N–H and O–H groups in total. The third-order valence-electron chi connectivity index (χ3n) is 4.91. The van der Waals surface area contributed by atoms with Gasteiger partial charge in [0.1, 0.15) is 0 Å². The highest BCUT2D eigenvalue weighted by molar-refractivity contribution is 5.77. The predicted molar refractivity (Wildman–Crippen MR) is 89.9 cm³/mol. The minimum absolute atomic E-state index is 0.212. The lowest BCUT2D eigenvalue weighted by molar-refractivity contribution is -0.130. The summed E-state index contributed by atoms with van der Waals surface area (Å²) in [6, 6.07) is 8.63. The van der Waals surface area contributed by atoms with E-state index in [1.807, 2.05) is 11.8 Å². The molecule has 2 rings (SSSR count). The van der Waals surface area contributed by atoms with Gasteiger partial charge in [-0.1, -0.05) is 45.0 Å². The van der Waals surface area contributed by atoms with Crippen LogP contribution in [0.15, 0.2) is 24.3 Å². The average Bonchev–Trinajstić information content (AvgIpc) is 2.97. The maximum absolute atomic E-state index is 12.4. The van der Waals surface area contributed by atoms with Crippen LogP contribution in [0.4, 0.5) is 0 Å². The highest BCUT2D eigenvalue weighted by Gasteiger charge is 2.29. The second-order valence-electron chi connectivity index (χ2n) is 7.06. The van der Waals surface area contributed by atoms with Crippen molar-refractivity contribution in [2.45, 2.75) is 58.5 Å². The van der Waals surface area contributed by atoms with Crippen molar-refractivity contribution in [3.8, 4) is 0 Å². The molecule has 0 aliphatic carbocycles. The van der Waals surface area contributed by atoms with E-state index in [9.17, 15) is 9.90 Å². The van der Waals surface area contributed by atoms with Crippen LogP contribution in [-0.4, -0.2) is 35.1 Å². The first-order valence-electron chi connectivity index (χ1n) is 8.44. The Bertz CT molecular complexity index is 493. The number of hydrogen-bond donors (Lipinski definition) is 1. The molecule has 1 aliphatic rings. The Kier molecular flexibility index (Phi) is 5.63. The predicted octanol–water partition coefficient (Wildman–Crippen LogP) is 3.53. The fraction of sp³-hybridized carbons (Fsp3) is 0.632. The Hall–Kier alpha value is -1.35. The smallest absolute Gasteiger partial charge is 0.223 e. The molecule has 1 aromatic rings. The number of hydrogen-bond acceptors (Lipinski definition) is 2. The molecule has 3 nitrogen and oxygen atoms in total. The van der Waals surface area contributed by atoms with Crippen molar-refractivity contribution >= 4 is 5.91 Å². The van der Waals surface area contributed by atoms with E-state index in [1.165, 1.54) is 11.1 Å². The van der Waals surface area contributed by atoms with Crippen LogP contribution in [0.25, 0.3) is 0 Å². The van der Waals surface area contributed by atoms with Gasteiger partial charge in [0.25, 0.3) is 0 Å². The summed E-state index contributed by atoms with van der Waals surface area (Å²) in [4.78, 5) is 14.3. The number of aliphatic hydroxyl groups is 1. The zero-order chi connectivity index (χ0) is 16.3. The summed E-state index contributed by atoms with van der Waals surface area (Å²) in [6.07, 6.45) is 1.15. The topological polar surface area (TPSA) is 40.5 Å². The SMILES string of the molecule is CC(C)c1ccc(C(C)CC(=O)N2CCC(C(C)O)C2)cc1.